The quantitative estimate of drug-likeness (QED) is 0.849. The van der Waals surface area contributed by atoms with Crippen LogP contribution in [0.15, 0.2) is 42.6 Å². The number of nitrogens with zero attached hydrogens (tertiary/aromatic N) is 4. The van der Waals surface area contributed by atoms with Crippen LogP contribution in [0.4, 0.5) is 11.5 Å². The third-order valence-electron chi connectivity index (χ3n) is 4.81. The van der Waals surface area contributed by atoms with E-state index in [0.717, 1.165) is 45.1 Å². The molecule has 1 fully saturated rings. The number of aromatic nitrogens is 1. The lowest BCUT2D eigenvalue weighted by Crippen LogP contribution is -2.48. The summed E-state index contributed by atoms with van der Waals surface area (Å²) in [5.74, 6) is 0.865. The molecule has 2 heterocycles. The van der Waals surface area contributed by atoms with Crippen molar-refractivity contribution in [2.45, 2.75) is 6.92 Å². The van der Waals surface area contributed by atoms with Crippen molar-refractivity contribution in [3.63, 3.8) is 0 Å². The summed E-state index contributed by atoms with van der Waals surface area (Å²) in [6.45, 7) is 7.04. The van der Waals surface area contributed by atoms with Gasteiger partial charge in [-0.25, -0.2) is 4.98 Å². The maximum Gasteiger partial charge on any atom is 0.255 e. The van der Waals surface area contributed by atoms with Crippen LogP contribution in [0.5, 0.6) is 0 Å². The van der Waals surface area contributed by atoms with Crippen LogP contribution < -0.4 is 10.2 Å². The number of nitrogens with one attached hydrogen (secondary N) is 1. The molecule has 0 atom stereocenters. The molecule has 0 spiro atoms. The van der Waals surface area contributed by atoms with Gasteiger partial charge in [-0.2, -0.15) is 0 Å². The summed E-state index contributed by atoms with van der Waals surface area (Å²) >= 11 is 0. The van der Waals surface area contributed by atoms with Crippen LogP contribution in [-0.2, 0) is 0 Å². The average molecular weight is 367 g/mol. The Kier molecular flexibility index (Phi) is 6.29. The predicted molar refractivity (Wildman–Crippen MR) is 111 cm³/mol. The number of anilines is 2. The standard InChI is InChI=1S/C21H29N5O/c1-17-5-4-6-19(15-17)25-11-13-26(14-12-25)21(27)18-7-8-20(23-16-18)22-9-10-24(2)3/h4-8,15-16H,9-14H2,1-3H3,(H,22,23). The van der Waals surface area contributed by atoms with E-state index in [1.807, 2.05) is 31.1 Å². The summed E-state index contributed by atoms with van der Waals surface area (Å²) < 4.78 is 0. The number of likely N-dealkylation sites (N-methyl/N-ethyl adjacent to an activating group) is 1. The largest absolute Gasteiger partial charge is 0.369 e. The topological polar surface area (TPSA) is 51.7 Å². The van der Waals surface area contributed by atoms with Crippen LogP contribution in [-0.4, -0.2) is 74.1 Å². The highest BCUT2D eigenvalue weighted by molar-refractivity contribution is 5.94. The van der Waals surface area contributed by atoms with Crippen molar-refractivity contribution < 1.29 is 4.79 Å². The summed E-state index contributed by atoms with van der Waals surface area (Å²) in [5.41, 5.74) is 3.14. The molecule has 1 aliphatic heterocycles. The van der Waals surface area contributed by atoms with Gasteiger partial charge in [-0.15, -0.1) is 0 Å². The van der Waals surface area contributed by atoms with Crippen LogP contribution in [0, 0.1) is 6.92 Å². The Morgan fingerprint density at radius 3 is 2.56 bits per heavy atom. The molecule has 6 heteroatoms. The summed E-state index contributed by atoms with van der Waals surface area (Å²) in [6, 6.07) is 12.3. The summed E-state index contributed by atoms with van der Waals surface area (Å²) in [6.07, 6.45) is 1.67. The van der Waals surface area contributed by atoms with Crippen LogP contribution in [0.1, 0.15) is 15.9 Å². The molecule has 1 aliphatic rings. The van der Waals surface area contributed by atoms with E-state index in [1.54, 1.807) is 6.20 Å². The Labute approximate surface area is 161 Å². The lowest BCUT2D eigenvalue weighted by molar-refractivity contribution is 0.0746. The van der Waals surface area contributed by atoms with Gasteiger partial charge in [0.05, 0.1) is 5.56 Å². The number of amides is 1. The average Bonchev–Trinajstić information content (AvgIpc) is 2.68. The molecule has 1 amide bonds. The van der Waals surface area contributed by atoms with E-state index in [2.05, 4.69) is 51.3 Å². The number of carbonyl (C=O) groups is 1. The maximum atomic E-state index is 12.8. The molecule has 2 aromatic rings. The van der Waals surface area contributed by atoms with Crippen LogP contribution in [0.25, 0.3) is 0 Å². The van der Waals surface area contributed by atoms with Crippen LogP contribution in [0.3, 0.4) is 0 Å². The molecular formula is C21H29N5O. The van der Waals surface area contributed by atoms with Crippen molar-refractivity contribution in [3.05, 3.63) is 53.7 Å². The maximum absolute atomic E-state index is 12.8. The van der Waals surface area contributed by atoms with Crippen molar-refractivity contribution in [3.8, 4) is 0 Å². The van der Waals surface area contributed by atoms with E-state index in [1.165, 1.54) is 11.3 Å². The van der Waals surface area contributed by atoms with Crippen molar-refractivity contribution in [2.24, 2.45) is 0 Å². The number of carbonyl (C=O) groups excluding carboxylic acids is 1. The zero-order valence-electron chi connectivity index (χ0n) is 16.5. The molecule has 1 saturated heterocycles. The fraction of sp³-hybridized carbons (Fsp3) is 0.429. The monoisotopic (exact) mass is 367 g/mol. The molecule has 3 rings (SSSR count). The Morgan fingerprint density at radius 1 is 1.15 bits per heavy atom. The van der Waals surface area contributed by atoms with Gasteiger partial charge in [-0.3, -0.25) is 4.79 Å². The molecule has 1 aromatic carbocycles. The molecule has 0 unspecified atom stereocenters. The van der Waals surface area contributed by atoms with Gasteiger partial charge in [0.2, 0.25) is 0 Å². The van der Waals surface area contributed by atoms with Crippen molar-refractivity contribution >= 4 is 17.4 Å². The number of benzene rings is 1. The first-order chi connectivity index (χ1) is 13.0. The zero-order chi connectivity index (χ0) is 19.2. The molecular weight excluding hydrogens is 338 g/mol. The van der Waals surface area contributed by atoms with Crippen LogP contribution >= 0.6 is 0 Å². The Balaban J connectivity index is 1.53. The molecule has 0 saturated carbocycles. The highest BCUT2D eigenvalue weighted by atomic mass is 16.2. The van der Waals surface area contributed by atoms with Gasteiger partial charge in [0.25, 0.3) is 5.91 Å². The van der Waals surface area contributed by atoms with Gasteiger partial charge < -0.3 is 20.0 Å². The smallest absolute Gasteiger partial charge is 0.255 e. The normalized spacial score (nSPS) is 14.5. The molecule has 144 valence electrons. The van der Waals surface area contributed by atoms with Gasteiger partial charge in [0.1, 0.15) is 5.82 Å². The molecule has 0 aliphatic carbocycles. The Bertz CT molecular complexity index is 751. The first-order valence-corrected chi connectivity index (χ1v) is 9.48. The van der Waals surface area contributed by atoms with Crippen molar-refractivity contribution in [1.29, 1.82) is 0 Å². The van der Waals surface area contributed by atoms with Crippen molar-refractivity contribution in [2.75, 3.05) is 63.6 Å². The highest BCUT2D eigenvalue weighted by Crippen LogP contribution is 2.18. The Hall–Kier alpha value is -2.60. The second kappa shape index (κ2) is 8.86. The predicted octanol–water partition coefficient (Wildman–Crippen LogP) is 2.33. The summed E-state index contributed by atoms with van der Waals surface area (Å²) in [7, 11) is 4.07. The lowest BCUT2D eigenvalue weighted by Gasteiger charge is -2.36. The minimum Gasteiger partial charge on any atom is -0.369 e. The van der Waals surface area contributed by atoms with E-state index in [-0.39, 0.29) is 5.91 Å². The SMILES string of the molecule is Cc1cccc(N2CCN(C(=O)c3ccc(NCCN(C)C)nc3)CC2)c1. The molecule has 1 aromatic heterocycles. The molecule has 0 radical (unpaired) electrons. The van der Waals surface area contributed by atoms with Gasteiger partial charge in [-0.05, 0) is 50.8 Å². The fourth-order valence-corrected chi connectivity index (χ4v) is 3.21. The number of hydrogen-bond acceptors (Lipinski definition) is 5. The number of aryl methyl sites for hydroxylation is 1. The molecule has 1 N–H and O–H groups in total. The number of hydrogen-bond donors (Lipinski definition) is 1. The molecule has 0 bridgehead atoms. The summed E-state index contributed by atoms with van der Waals surface area (Å²) in [5, 5.41) is 3.27. The van der Waals surface area contributed by atoms with Gasteiger partial charge >= 0.3 is 0 Å². The first-order valence-electron chi connectivity index (χ1n) is 9.48. The van der Waals surface area contributed by atoms with Crippen molar-refractivity contribution in [1.82, 2.24) is 14.8 Å². The zero-order valence-corrected chi connectivity index (χ0v) is 16.5. The summed E-state index contributed by atoms with van der Waals surface area (Å²) in [4.78, 5) is 23.5. The van der Waals surface area contributed by atoms with Gasteiger partial charge in [0, 0.05) is 51.2 Å². The number of rotatable bonds is 6. The lowest BCUT2D eigenvalue weighted by atomic mass is 10.1. The third-order valence-corrected chi connectivity index (χ3v) is 4.81. The molecule has 6 nitrogen and oxygen atoms in total. The number of piperazine rings is 1. The fourth-order valence-electron chi connectivity index (χ4n) is 3.21. The Morgan fingerprint density at radius 2 is 1.93 bits per heavy atom. The van der Waals surface area contributed by atoms with E-state index in [0.29, 0.717) is 5.56 Å². The second-order valence-corrected chi connectivity index (χ2v) is 7.28. The first kappa shape index (κ1) is 19.2. The second-order valence-electron chi connectivity index (χ2n) is 7.28. The minimum atomic E-state index is 0.0613. The highest BCUT2D eigenvalue weighted by Gasteiger charge is 2.22. The van der Waals surface area contributed by atoms with E-state index >= 15 is 0 Å². The minimum absolute atomic E-state index is 0.0613. The van der Waals surface area contributed by atoms with E-state index in [9.17, 15) is 4.79 Å². The van der Waals surface area contributed by atoms with Gasteiger partial charge in [0.15, 0.2) is 0 Å². The van der Waals surface area contributed by atoms with Crippen LogP contribution in [0.2, 0.25) is 0 Å². The van der Waals surface area contributed by atoms with Gasteiger partial charge in [-0.1, -0.05) is 12.1 Å². The number of pyridine rings is 1. The molecule has 27 heavy (non-hydrogen) atoms. The third kappa shape index (κ3) is 5.20. The van der Waals surface area contributed by atoms with E-state index < -0.39 is 0 Å². The van der Waals surface area contributed by atoms with E-state index in [4.69, 9.17) is 0 Å².